The van der Waals surface area contributed by atoms with E-state index in [4.69, 9.17) is 4.80 Å². The third-order valence-electron chi connectivity index (χ3n) is 7.32. The summed E-state index contributed by atoms with van der Waals surface area (Å²) in [5.41, 5.74) is 2.17. The molecule has 0 aliphatic heterocycles. The van der Waals surface area contributed by atoms with Crippen molar-refractivity contribution in [2.75, 3.05) is 0 Å². The lowest BCUT2D eigenvalue weighted by atomic mass is 9.48. The van der Waals surface area contributed by atoms with Gasteiger partial charge in [-0.2, -0.15) is 0 Å². The van der Waals surface area contributed by atoms with Crippen LogP contribution in [0.5, 0.6) is 0 Å². The Hall–Kier alpha value is -0.673. The molecule has 2 nitrogen and oxygen atoms in total. The van der Waals surface area contributed by atoms with Crippen molar-refractivity contribution in [1.82, 2.24) is 0 Å². The molecule has 0 unspecified atom stereocenters. The minimum atomic E-state index is -1.61. The van der Waals surface area contributed by atoms with Crippen LogP contribution in [0.25, 0.3) is 0 Å². The summed E-state index contributed by atoms with van der Waals surface area (Å²) in [4.78, 5) is 21.5. The van der Waals surface area contributed by atoms with Crippen LogP contribution >= 0.6 is 0 Å². The second-order valence-electron chi connectivity index (χ2n) is 10.4. The summed E-state index contributed by atoms with van der Waals surface area (Å²) in [6.07, 6.45) is 15.2. The van der Waals surface area contributed by atoms with Gasteiger partial charge >= 0.3 is 0 Å². The quantitative estimate of drug-likeness (QED) is 0.579. The SMILES string of the molecule is C[C@@]12CCC[C@H]1[C@@H]1C(=O)CC3=CC=CC[C@]3(C)[C@H]1CC2.C[Si](C)(C)O. The van der Waals surface area contributed by atoms with E-state index in [0.29, 0.717) is 29.0 Å². The molecule has 0 aromatic heterocycles. The molecular weight excluding hydrogens is 324 g/mol. The zero-order valence-corrected chi connectivity index (χ0v) is 17.8. The highest BCUT2D eigenvalue weighted by atomic mass is 28.4. The number of ketones is 1. The number of rotatable bonds is 0. The van der Waals surface area contributed by atoms with Gasteiger partial charge in [-0.1, -0.05) is 44.1 Å². The van der Waals surface area contributed by atoms with Gasteiger partial charge in [0, 0.05) is 12.3 Å². The predicted octanol–water partition coefficient (Wildman–Crippen LogP) is 5.50. The normalized spacial score (nSPS) is 42.6. The summed E-state index contributed by atoms with van der Waals surface area (Å²) in [6, 6.07) is 0. The van der Waals surface area contributed by atoms with Crippen LogP contribution in [0.2, 0.25) is 19.6 Å². The zero-order chi connectivity index (χ0) is 18.5. The van der Waals surface area contributed by atoms with Crippen LogP contribution in [0.1, 0.15) is 58.8 Å². The summed E-state index contributed by atoms with van der Waals surface area (Å²) in [6.45, 7) is 10.5. The van der Waals surface area contributed by atoms with E-state index < -0.39 is 8.32 Å². The minimum Gasteiger partial charge on any atom is -0.433 e. The van der Waals surface area contributed by atoms with Crippen molar-refractivity contribution in [2.45, 2.75) is 78.4 Å². The van der Waals surface area contributed by atoms with E-state index in [2.05, 4.69) is 32.1 Å². The molecule has 0 aromatic rings. The maximum Gasteiger partial charge on any atom is 0.179 e. The molecule has 0 spiro atoms. The number of Topliss-reactive ketones (excluding diaryl/α,β-unsaturated/α-hetero) is 1. The molecule has 0 aromatic carbocycles. The number of hydrogen-bond acceptors (Lipinski definition) is 2. The summed E-state index contributed by atoms with van der Waals surface area (Å²) >= 11 is 0. The molecular formula is C22H36O2Si. The van der Waals surface area contributed by atoms with Gasteiger partial charge in [0.1, 0.15) is 5.78 Å². The molecule has 3 saturated carbocycles. The van der Waals surface area contributed by atoms with E-state index in [-0.39, 0.29) is 5.41 Å². The average molecular weight is 361 g/mol. The van der Waals surface area contributed by atoms with Crippen molar-refractivity contribution in [1.29, 1.82) is 0 Å². The maximum absolute atomic E-state index is 12.8. The lowest BCUT2D eigenvalue weighted by Crippen LogP contribution is -2.52. The Bertz CT molecular complexity index is 594. The fraction of sp³-hybridized carbons (Fsp3) is 0.773. The van der Waals surface area contributed by atoms with Crippen LogP contribution in [0.4, 0.5) is 0 Å². The van der Waals surface area contributed by atoms with E-state index in [1.807, 2.05) is 19.6 Å². The number of hydrogen-bond donors (Lipinski definition) is 1. The molecule has 4 rings (SSSR count). The molecule has 3 heteroatoms. The highest BCUT2D eigenvalue weighted by molar-refractivity contribution is 6.68. The molecule has 0 amide bonds. The van der Waals surface area contributed by atoms with Gasteiger partial charge in [-0.3, -0.25) is 4.79 Å². The predicted molar refractivity (Wildman–Crippen MR) is 107 cm³/mol. The first-order valence-electron chi connectivity index (χ1n) is 10.2. The molecule has 4 aliphatic carbocycles. The van der Waals surface area contributed by atoms with Gasteiger partial charge in [-0.15, -0.1) is 0 Å². The highest BCUT2D eigenvalue weighted by Gasteiger charge is 2.58. The summed E-state index contributed by atoms with van der Waals surface area (Å²) < 4.78 is 0. The fourth-order valence-corrected chi connectivity index (χ4v) is 6.07. The Kier molecular flexibility index (Phi) is 4.96. The van der Waals surface area contributed by atoms with Gasteiger partial charge in [-0.05, 0) is 74.4 Å². The van der Waals surface area contributed by atoms with E-state index in [1.165, 1.54) is 37.7 Å². The van der Waals surface area contributed by atoms with Crippen molar-refractivity contribution in [3.8, 4) is 0 Å². The standard InChI is InChI=1S/C19H26O.C3H10OSi/c1-18-9-5-7-14(18)17-15(8-11-18)19(2)10-4-3-6-13(19)12-16(17)20;1-5(2,3)4/h3-4,6,14-15,17H,5,7-12H2,1-2H3;4H,1-3H3/t14-,15-,17-,18-,19-;/m0./s1. The Morgan fingerprint density at radius 1 is 1.12 bits per heavy atom. The highest BCUT2D eigenvalue weighted by Crippen LogP contribution is 2.63. The van der Waals surface area contributed by atoms with Crippen molar-refractivity contribution in [3.63, 3.8) is 0 Å². The number of fused-ring (bicyclic) bond motifs is 5. The van der Waals surface area contributed by atoms with Gasteiger partial charge < -0.3 is 4.80 Å². The van der Waals surface area contributed by atoms with E-state index in [1.54, 1.807) is 0 Å². The van der Waals surface area contributed by atoms with Crippen LogP contribution < -0.4 is 0 Å². The maximum atomic E-state index is 12.8. The first kappa shape index (κ1) is 19.1. The molecule has 0 heterocycles. The van der Waals surface area contributed by atoms with Crippen molar-refractivity contribution in [2.24, 2.45) is 28.6 Å². The van der Waals surface area contributed by atoms with Gasteiger partial charge in [-0.25, -0.2) is 0 Å². The number of allylic oxidation sites excluding steroid dienone is 4. The topological polar surface area (TPSA) is 37.3 Å². The number of carbonyl (C=O) groups is 1. The third kappa shape index (κ3) is 3.59. The Labute approximate surface area is 154 Å². The van der Waals surface area contributed by atoms with Gasteiger partial charge in [0.05, 0.1) is 0 Å². The monoisotopic (exact) mass is 360 g/mol. The zero-order valence-electron chi connectivity index (χ0n) is 16.8. The summed E-state index contributed by atoms with van der Waals surface area (Å²) in [5.74, 6) is 2.21. The second-order valence-corrected chi connectivity index (χ2v) is 14.7. The summed E-state index contributed by atoms with van der Waals surface area (Å²) in [5, 5.41) is 0. The molecule has 5 atom stereocenters. The minimum absolute atomic E-state index is 0.275. The average Bonchev–Trinajstić information content (AvgIpc) is 2.88. The van der Waals surface area contributed by atoms with Gasteiger partial charge in [0.25, 0.3) is 0 Å². The van der Waals surface area contributed by atoms with Crippen LogP contribution in [-0.2, 0) is 4.79 Å². The lowest BCUT2D eigenvalue weighted by Gasteiger charge is -2.56. The Morgan fingerprint density at radius 3 is 2.48 bits per heavy atom. The van der Waals surface area contributed by atoms with Crippen molar-refractivity contribution < 1.29 is 9.59 Å². The van der Waals surface area contributed by atoms with Crippen LogP contribution in [-0.4, -0.2) is 18.9 Å². The second kappa shape index (κ2) is 6.49. The van der Waals surface area contributed by atoms with Crippen molar-refractivity contribution in [3.05, 3.63) is 23.8 Å². The lowest BCUT2D eigenvalue weighted by molar-refractivity contribution is -0.138. The van der Waals surface area contributed by atoms with Crippen LogP contribution in [0.3, 0.4) is 0 Å². The smallest absolute Gasteiger partial charge is 0.179 e. The molecule has 4 aliphatic rings. The molecule has 0 bridgehead atoms. The third-order valence-corrected chi connectivity index (χ3v) is 7.32. The number of carbonyl (C=O) groups excluding carboxylic acids is 1. The summed E-state index contributed by atoms with van der Waals surface area (Å²) in [7, 11) is -1.61. The fourth-order valence-electron chi connectivity index (χ4n) is 6.07. The van der Waals surface area contributed by atoms with Crippen molar-refractivity contribution >= 4 is 14.1 Å². The molecule has 25 heavy (non-hydrogen) atoms. The molecule has 0 saturated heterocycles. The Morgan fingerprint density at radius 2 is 1.80 bits per heavy atom. The van der Waals surface area contributed by atoms with E-state index in [9.17, 15) is 4.79 Å². The van der Waals surface area contributed by atoms with Gasteiger partial charge in [0.2, 0.25) is 0 Å². The van der Waals surface area contributed by atoms with Crippen LogP contribution in [0, 0.1) is 28.6 Å². The van der Waals surface area contributed by atoms with E-state index >= 15 is 0 Å². The molecule has 140 valence electrons. The molecule has 3 fully saturated rings. The van der Waals surface area contributed by atoms with Crippen LogP contribution in [0.15, 0.2) is 23.8 Å². The molecule has 0 radical (unpaired) electrons. The Balaban J connectivity index is 0.000000324. The van der Waals surface area contributed by atoms with Gasteiger partial charge in [0.15, 0.2) is 8.32 Å². The molecule has 1 N–H and O–H groups in total. The first-order chi connectivity index (χ1) is 11.5. The first-order valence-corrected chi connectivity index (χ1v) is 13.6. The van der Waals surface area contributed by atoms with E-state index in [0.717, 1.165) is 12.8 Å². The largest absolute Gasteiger partial charge is 0.433 e.